The minimum Gasteiger partial charge on any atom is -0.298 e. The van der Waals surface area contributed by atoms with Gasteiger partial charge in [0.1, 0.15) is 0 Å². The number of benzene rings is 2. The van der Waals surface area contributed by atoms with E-state index in [4.69, 9.17) is 0 Å². The molecule has 2 aromatic carbocycles. The van der Waals surface area contributed by atoms with E-state index in [-0.39, 0.29) is 0 Å². The summed E-state index contributed by atoms with van der Waals surface area (Å²) in [4.78, 5) is 2.93. The van der Waals surface area contributed by atoms with Crippen LogP contribution in [0.3, 0.4) is 0 Å². The lowest BCUT2D eigenvalue weighted by Crippen LogP contribution is -2.51. The summed E-state index contributed by atoms with van der Waals surface area (Å²) in [7, 11) is -3.43. The highest BCUT2D eigenvalue weighted by molar-refractivity contribution is 7.89. The molecular formula is C19H24N2O2S. The summed E-state index contributed by atoms with van der Waals surface area (Å²) in [6.07, 6.45) is 5.19. The van der Waals surface area contributed by atoms with Gasteiger partial charge in [0, 0.05) is 37.6 Å². The number of piperazine rings is 1. The Morgan fingerprint density at radius 1 is 0.833 bits per heavy atom. The molecule has 2 aliphatic rings. The Hall–Kier alpha value is -1.43. The van der Waals surface area contributed by atoms with Gasteiger partial charge in [0.15, 0.2) is 0 Å². The van der Waals surface area contributed by atoms with Crippen LogP contribution in [0.25, 0.3) is 10.8 Å². The first-order valence-electron chi connectivity index (χ1n) is 8.88. The zero-order valence-corrected chi connectivity index (χ0v) is 14.7. The Morgan fingerprint density at radius 3 is 2.25 bits per heavy atom. The number of hydrogen-bond donors (Lipinski definition) is 0. The van der Waals surface area contributed by atoms with Gasteiger partial charge in [0.2, 0.25) is 10.0 Å². The van der Waals surface area contributed by atoms with Crippen molar-refractivity contribution in [2.75, 3.05) is 26.2 Å². The molecule has 0 unspecified atom stereocenters. The maximum absolute atomic E-state index is 13.1. The molecule has 0 amide bonds. The van der Waals surface area contributed by atoms with Crippen LogP contribution in [-0.2, 0) is 10.0 Å². The number of hydrogen-bond acceptors (Lipinski definition) is 3. The molecule has 2 aromatic rings. The molecule has 1 heterocycles. The van der Waals surface area contributed by atoms with Crippen molar-refractivity contribution < 1.29 is 8.42 Å². The average Bonchev–Trinajstić information content (AvgIpc) is 3.16. The molecule has 1 aliphatic heterocycles. The van der Waals surface area contributed by atoms with E-state index in [2.05, 4.69) is 4.90 Å². The fourth-order valence-corrected chi connectivity index (χ4v) is 5.77. The molecule has 0 aromatic heterocycles. The maximum atomic E-state index is 13.1. The minimum absolute atomic E-state index is 0.440. The van der Waals surface area contributed by atoms with Crippen LogP contribution in [0.2, 0.25) is 0 Å². The molecule has 1 aliphatic carbocycles. The van der Waals surface area contributed by atoms with Crippen LogP contribution >= 0.6 is 0 Å². The maximum Gasteiger partial charge on any atom is 0.243 e. The molecule has 1 saturated heterocycles. The lowest BCUT2D eigenvalue weighted by Gasteiger charge is -2.37. The van der Waals surface area contributed by atoms with E-state index < -0.39 is 10.0 Å². The molecule has 2 fully saturated rings. The third kappa shape index (κ3) is 2.85. The van der Waals surface area contributed by atoms with E-state index in [1.807, 2.05) is 36.4 Å². The van der Waals surface area contributed by atoms with Gasteiger partial charge in [-0.3, -0.25) is 4.90 Å². The monoisotopic (exact) mass is 344 g/mol. The SMILES string of the molecule is O=S(=O)(c1cccc2ccccc12)N1CCN(C2CCCC2)CC1. The highest BCUT2D eigenvalue weighted by Gasteiger charge is 2.32. The Balaban J connectivity index is 1.57. The van der Waals surface area contributed by atoms with Crippen molar-refractivity contribution in [1.82, 2.24) is 9.21 Å². The number of nitrogens with zero attached hydrogens (tertiary/aromatic N) is 2. The van der Waals surface area contributed by atoms with E-state index >= 15 is 0 Å². The van der Waals surface area contributed by atoms with Gasteiger partial charge >= 0.3 is 0 Å². The zero-order valence-electron chi connectivity index (χ0n) is 13.9. The summed E-state index contributed by atoms with van der Waals surface area (Å²) >= 11 is 0. The summed E-state index contributed by atoms with van der Waals surface area (Å²) in [5.74, 6) is 0. The molecule has 4 nitrogen and oxygen atoms in total. The van der Waals surface area contributed by atoms with E-state index in [1.54, 1.807) is 10.4 Å². The fraction of sp³-hybridized carbons (Fsp3) is 0.474. The molecule has 5 heteroatoms. The van der Waals surface area contributed by atoms with Crippen molar-refractivity contribution in [2.24, 2.45) is 0 Å². The molecule has 0 bridgehead atoms. The van der Waals surface area contributed by atoms with Crippen LogP contribution in [0.5, 0.6) is 0 Å². The Bertz CT molecular complexity index is 815. The second kappa shape index (κ2) is 6.47. The largest absolute Gasteiger partial charge is 0.298 e. The molecule has 4 rings (SSSR count). The molecule has 0 radical (unpaired) electrons. The van der Waals surface area contributed by atoms with Crippen molar-refractivity contribution in [2.45, 2.75) is 36.6 Å². The summed E-state index contributed by atoms with van der Waals surface area (Å²) in [6, 6.07) is 13.9. The quantitative estimate of drug-likeness (QED) is 0.859. The zero-order chi connectivity index (χ0) is 16.6. The summed E-state index contributed by atoms with van der Waals surface area (Å²) in [6.45, 7) is 2.91. The first kappa shape index (κ1) is 16.1. The van der Waals surface area contributed by atoms with Crippen LogP contribution in [0.1, 0.15) is 25.7 Å². The second-order valence-electron chi connectivity index (χ2n) is 6.86. The Labute approximate surface area is 144 Å². The highest BCUT2D eigenvalue weighted by atomic mass is 32.2. The topological polar surface area (TPSA) is 40.6 Å². The number of rotatable bonds is 3. The van der Waals surface area contributed by atoms with E-state index in [9.17, 15) is 8.42 Å². The van der Waals surface area contributed by atoms with E-state index in [0.717, 1.165) is 23.9 Å². The van der Waals surface area contributed by atoms with Crippen molar-refractivity contribution in [3.8, 4) is 0 Å². The highest BCUT2D eigenvalue weighted by Crippen LogP contribution is 2.28. The standard InChI is InChI=1S/C19H24N2O2S/c22-24(23,19-11-5-7-16-6-1-4-10-18(16)19)21-14-12-20(13-15-21)17-8-2-3-9-17/h1,4-7,10-11,17H,2-3,8-9,12-15H2. The van der Waals surface area contributed by atoms with Crippen LogP contribution in [-0.4, -0.2) is 49.8 Å². The predicted octanol–water partition coefficient (Wildman–Crippen LogP) is 3.09. The smallest absolute Gasteiger partial charge is 0.243 e. The Kier molecular flexibility index (Phi) is 4.33. The van der Waals surface area contributed by atoms with Crippen molar-refractivity contribution in [3.05, 3.63) is 42.5 Å². The van der Waals surface area contributed by atoms with Crippen LogP contribution in [0.4, 0.5) is 0 Å². The third-order valence-corrected chi connectivity index (χ3v) is 7.44. The fourth-order valence-electron chi connectivity index (χ4n) is 4.14. The number of fused-ring (bicyclic) bond motifs is 1. The molecular weight excluding hydrogens is 320 g/mol. The third-order valence-electron chi connectivity index (χ3n) is 5.48. The molecule has 0 atom stereocenters. The Morgan fingerprint density at radius 2 is 1.50 bits per heavy atom. The normalized spacial score (nSPS) is 21.5. The molecule has 0 N–H and O–H groups in total. The summed E-state index contributed by atoms with van der Waals surface area (Å²) in [5, 5.41) is 1.79. The van der Waals surface area contributed by atoms with E-state index in [0.29, 0.717) is 24.0 Å². The van der Waals surface area contributed by atoms with Gasteiger partial charge in [-0.05, 0) is 24.3 Å². The first-order chi connectivity index (χ1) is 11.7. The van der Waals surface area contributed by atoms with Crippen LogP contribution in [0, 0.1) is 0 Å². The van der Waals surface area contributed by atoms with Crippen LogP contribution < -0.4 is 0 Å². The average molecular weight is 344 g/mol. The van der Waals surface area contributed by atoms with Gasteiger partial charge in [-0.25, -0.2) is 8.42 Å². The summed E-state index contributed by atoms with van der Waals surface area (Å²) < 4.78 is 27.9. The summed E-state index contributed by atoms with van der Waals surface area (Å²) in [5.41, 5.74) is 0. The van der Waals surface area contributed by atoms with Gasteiger partial charge in [-0.15, -0.1) is 0 Å². The second-order valence-corrected chi connectivity index (χ2v) is 8.76. The van der Waals surface area contributed by atoms with Crippen LogP contribution in [0.15, 0.2) is 47.4 Å². The lowest BCUT2D eigenvalue weighted by atomic mass is 10.1. The number of sulfonamides is 1. The first-order valence-corrected chi connectivity index (χ1v) is 10.3. The van der Waals surface area contributed by atoms with Gasteiger partial charge in [0.25, 0.3) is 0 Å². The van der Waals surface area contributed by atoms with E-state index in [1.165, 1.54) is 25.7 Å². The van der Waals surface area contributed by atoms with Crippen molar-refractivity contribution in [3.63, 3.8) is 0 Å². The van der Waals surface area contributed by atoms with Gasteiger partial charge in [0.05, 0.1) is 4.90 Å². The molecule has 24 heavy (non-hydrogen) atoms. The molecule has 1 saturated carbocycles. The van der Waals surface area contributed by atoms with Gasteiger partial charge in [-0.1, -0.05) is 49.2 Å². The molecule has 128 valence electrons. The minimum atomic E-state index is -3.43. The molecule has 0 spiro atoms. The van der Waals surface area contributed by atoms with Gasteiger partial charge < -0.3 is 0 Å². The van der Waals surface area contributed by atoms with Crippen molar-refractivity contribution >= 4 is 20.8 Å². The predicted molar refractivity (Wildman–Crippen MR) is 96.5 cm³/mol. The lowest BCUT2D eigenvalue weighted by molar-refractivity contribution is 0.139. The van der Waals surface area contributed by atoms with Crippen molar-refractivity contribution in [1.29, 1.82) is 0 Å². The van der Waals surface area contributed by atoms with Gasteiger partial charge in [-0.2, -0.15) is 4.31 Å².